The van der Waals surface area contributed by atoms with Crippen molar-refractivity contribution in [2.24, 2.45) is 4.99 Å². The Balaban J connectivity index is 1.51. The van der Waals surface area contributed by atoms with Gasteiger partial charge in [0.25, 0.3) is 5.91 Å². The summed E-state index contributed by atoms with van der Waals surface area (Å²) >= 11 is 13.4. The third kappa shape index (κ3) is 7.68. The molecular formula is C34H31Br2ClN2O4. The number of amides is 1. The molecule has 0 fully saturated rings. The number of nitrogens with zero attached hydrogens (tertiary/aromatic N) is 1. The first-order chi connectivity index (χ1) is 20.9. The highest BCUT2D eigenvalue weighted by Gasteiger charge is 2.53. The first kappa shape index (κ1) is 31.3. The molecule has 43 heavy (non-hydrogen) atoms. The van der Waals surface area contributed by atoms with Gasteiger partial charge in [-0.15, -0.1) is 0 Å². The lowest BCUT2D eigenvalue weighted by Crippen LogP contribution is -2.50. The Kier molecular flexibility index (Phi) is 10.6. The minimum atomic E-state index is -1.28. The van der Waals surface area contributed by atoms with Gasteiger partial charge in [-0.3, -0.25) is 4.79 Å². The van der Waals surface area contributed by atoms with E-state index in [1.807, 2.05) is 97.1 Å². The van der Waals surface area contributed by atoms with Gasteiger partial charge in [0.05, 0.1) is 6.61 Å². The van der Waals surface area contributed by atoms with Crippen LogP contribution in [0.4, 0.5) is 0 Å². The number of benzene rings is 4. The molecule has 5 rings (SSSR count). The molecule has 0 bridgehead atoms. The number of hydrogen-bond acceptors (Lipinski definition) is 5. The second-order valence-corrected chi connectivity index (χ2v) is 12.5. The quantitative estimate of drug-likeness (QED) is 0.149. The van der Waals surface area contributed by atoms with E-state index in [4.69, 9.17) is 31.2 Å². The Morgan fingerprint density at radius 3 is 2.30 bits per heavy atom. The van der Waals surface area contributed by atoms with Crippen LogP contribution in [0.5, 0.6) is 5.75 Å². The van der Waals surface area contributed by atoms with Crippen LogP contribution >= 0.6 is 43.5 Å². The number of nitrogens with one attached hydrogen (secondary N) is 1. The fourth-order valence-corrected chi connectivity index (χ4v) is 5.76. The summed E-state index contributed by atoms with van der Waals surface area (Å²) in [5.74, 6) is 0.834. The van der Waals surface area contributed by atoms with Gasteiger partial charge in [0.15, 0.2) is 11.6 Å². The van der Waals surface area contributed by atoms with Crippen LogP contribution in [-0.4, -0.2) is 42.2 Å². The fraction of sp³-hybridized carbons (Fsp3) is 0.235. The largest absolute Gasteiger partial charge is 0.494 e. The molecule has 4 aromatic carbocycles. The van der Waals surface area contributed by atoms with Crippen molar-refractivity contribution in [2.75, 3.05) is 19.8 Å². The molecule has 4 aromatic rings. The number of rotatable bonds is 12. The van der Waals surface area contributed by atoms with E-state index in [0.717, 1.165) is 31.2 Å². The molecule has 1 aliphatic heterocycles. The zero-order chi connectivity index (χ0) is 30.2. The van der Waals surface area contributed by atoms with Crippen LogP contribution in [-0.2, 0) is 22.4 Å². The van der Waals surface area contributed by atoms with Crippen molar-refractivity contribution in [2.45, 2.75) is 30.9 Å². The van der Waals surface area contributed by atoms with Crippen molar-refractivity contribution in [3.8, 4) is 5.75 Å². The van der Waals surface area contributed by atoms with Gasteiger partial charge in [-0.2, -0.15) is 0 Å². The Hall–Kier alpha value is -3.17. The molecule has 9 heteroatoms. The minimum Gasteiger partial charge on any atom is -0.494 e. The average molecular weight is 727 g/mol. The Bertz CT molecular complexity index is 1560. The Morgan fingerprint density at radius 1 is 0.953 bits per heavy atom. The molecule has 6 nitrogen and oxygen atoms in total. The Morgan fingerprint density at radius 2 is 1.63 bits per heavy atom. The van der Waals surface area contributed by atoms with Gasteiger partial charge in [0.2, 0.25) is 5.90 Å². The van der Waals surface area contributed by atoms with Crippen LogP contribution in [0.25, 0.3) is 0 Å². The predicted molar refractivity (Wildman–Crippen MR) is 177 cm³/mol. The van der Waals surface area contributed by atoms with Crippen molar-refractivity contribution in [1.82, 2.24) is 5.32 Å². The van der Waals surface area contributed by atoms with Gasteiger partial charge in [-0.05, 0) is 77.7 Å². The van der Waals surface area contributed by atoms with Gasteiger partial charge in [0, 0.05) is 45.5 Å². The van der Waals surface area contributed by atoms with Gasteiger partial charge < -0.3 is 19.9 Å². The molecule has 1 amide bonds. The number of carbonyl (C=O) groups excluding carboxylic acids is 1. The fourth-order valence-electron chi connectivity index (χ4n) is 5.00. The molecule has 222 valence electrons. The lowest BCUT2D eigenvalue weighted by molar-refractivity contribution is -0.128. The number of aliphatic hydroxyl groups is 1. The maximum absolute atomic E-state index is 14.4. The summed E-state index contributed by atoms with van der Waals surface area (Å²) in [4.78, 5) is 19.4. The zero-order valence-electron chi connectivity index (χ0n) is 23.3. The van der Waals surface area contributed by atoms with Crippen molar-refractivity contribution in [1.29, 1.82) is 0 Å². The van der Waals surface area contributed by atoms with E-state index in [2.05, 4.69) is 37.2 Å². The highest BCUT2D eigenvalue weighted by Crippen LogP contribution is 2.43. The normalized spacial score (nSPS) is 17.7. The number of halogens is 3. The molecular weight excluding hydrogens is 696 g/mol. The summed E-state index contributed by atoms with van der Waals surface area (Å²) in [6, 6.07) is 30.8. The van der Waals surface area contributed by atoms with Gasteiger partial charge in [-0.25, -0.2) is 4.99 Å². The van der Waals surface area contributed by atoms with E-state index in [0.29, 0.717) is 49.1 Å². The summed E-state index contributed by atoms with van der Waals surface area (Å²) in [5.41, 5.74) is 2.20. The highest BCUT2D eigenvalue weighted by atomic mass is 79.9. The first-order valence-corrected chi connectivity index (χ1v) is 16.0. The molecule has 0 radical (unpaired) electrons. The smallest absolute Gasteiger partial charge is 0.252 e. The molecule has 0 saturated heterocycles. The molecule has 1 aliphatic rings. The lowest BCUT2D eigenvalue weighted by atomic mass is 9.82. The number of aliphatic hydroxyl groups excluding tert-OH is 1. The Labute approximate surface area is 273 Å². The van der Waals surface area contributed by atoms with Crippen LogP contribution in [0.15, 0.2) is 111 Å². The van der Waals surface area contributed by atoms with Gasteiger partial charge in [0.1, 0.15) is 5.75 Å². The van der Waals surface area contributed by atoms with Crippen LogP contribution in [0.2, 0.25) is 5.02 Å². The lowest BCUT2D eigenvalue weighted by Gasteiger charge is -2.31. The summed E-state index contributed by atoms with van der Waals surface area (Å²) in [6.07, 6.45) is 0.777. The topological polar surface area (TPSA) is 80.2 Å². The van der Waals surface area contributed by atoms with E-state index in [1.54, 1.807) is 0 Å². The van der Waals surface area contributed by atoms with E-state index in [-0.39, 0.29) is 12.5 Å². The van der Waals surface area contributed by atoms with E-state index >= 15 is 0 Å². The van der Waals surface area contributed by atoms with Gasteiger partial charge in [-0.1, -0.05) is 85.9 Å². The van der Waals surface area contributed by atoms with Gasteiger partial charge >= 0.3 is 0 Å². The predicted octanol–water partition coefficient (Wildman–Crippen LogP) is 7.48. The third-order valence-corrected chi connectivity index (χ3v) is 8.65. The first-order valence-electron chi connectivity index (χ1n) is 14.0. The summed E-state index contributed by atoms with van der Waals surface area (Å²) in [7, 11) is 0. The summed E-state index contributed by atoms with van der Waals surface area (Å²) in [5, 5.41) is 12.9. The number of ether oxygens (including phenoxy) is 2. The van der Waals surface area contributed by atoms with E-state index < -0.39 is 11.6 Å². The van der Waals surface area contributed by atoms with Crippen LogP contribution in [0.1, 0.15) is 34.8 Å². The summed E-state index contributed by atoms with van der Waals surface area (Å²) in [6.45, 7) is 0.882. The number of carbonyl (C=O) groups is 1. The van der Waals surface area contributed by atoms with Crippen LogP contribution in [0.3, 0.4) is 0 Å². The van der Waals surface area contributed by atoms with Crippen LogP contribution in [0, 0.1) is 0 Å². The van der Waals surface area contributed by atoms with E-state index in [9.17, 15) is 4.79 Å². The van der Waals surface area contributed by atoms with Crippen molar-refractivity contribution in [3.05, 3.63) is 133 Å². The standard InChI is InChI=1S/C34H31Br2ClN2O4/c35-27-12-6-23(7-13-27)22-34(33(41)38-19-18-24-4-1-2-5-30(24)37)31(25-8-14-28(36)15-9-25)43-32(39-34)26-10-16-29(17-11-26)42-21-3-20-40/h1-2,4-17,31,40H,3,18-22H2,(H,38,41)/t31-,34-/m1/s1. The molecule has 0 aliphatic carbocycles. The summed E-state index contributed by atoms with van der Waals surface area (Å²) < 4.78 is 14.2. The molecule has 0 aromatic heterocycles. The molecule has 0 spiro atoms. The van der Waals surface area contributed by atoms with E-state index in [1.165, 1.54) is 0 Å². The second kappa shape index (κ2) is 14.5. The highest BCUT2D eigenvalue weighted by molar-refractivity contribution is 9.10. The average Bonchev–Trinajstić information content (AvgIpc) is 3.40. The molecule has 0 unspecified atom stereocenters. The zero-order valence-corrected chi connectivity index (χ0v) is 27.2. The molecule has 2 atom stereocenters. The maximum atomic E-state index is 14.4. The maximum Gasteiger partial charge on any atom is 0.252 e. The van der Waals surface area contributed by atoms with Crippen molar-refractivity contribution >= 4 is 55.3 Å². The van der Waals surface area contributed by atoms with Crippen LogP contribution < -0.4 is 10.1 Å². The van der Waals surface area contributed by atoms with Crippen molar-refractivity contribution in [3.63, 3.8) is 0 Å². The molecule has 1 heterocycles. The van der Waals surface area contributed by atoms with Crippen molar-refractivity contribution < 1.29 is 19.4 Å². The monoisotopic (exact) mass is 724 g/mol. The molecule has 2 N–H and O–H groups in total. The third-order valence-electron chi connectivity index (χ3n) is 7.23. The number of aliphatic imine (C=N–C) groups is 1. The second-order valence-electron chi connectivity index (χ2n) is 10.2. The minimum absolute atomic E-state index is 0.0705. The number of hydrogen-bond donors (Lipinski definition) is 2. The SMILES string of the molecule is O=C(NCCc1ccccc1Cl)[C@]1(Cc2ccc(Br)cc2)N=C(c2ccc(OCCCO)cc2)O[C@@H]1c1ccc(Br)cc1. The molecule has 0 saturated carbocycles.